The van der Waals surface area contributed by atoms with Gasteiger partial charge in [0.1, 0.15) is 11.4 Å². The van der Waals surface area contributed by atoms with Crippen LogP contribution in [0.15, 0.2) is 42.5 Å². The molecule has 0 bridgehead atoms. The number of nitrogens with one attached hydrogen (secondary N) is 1. The van der Waals surface area contributed by atoms with Gasteiger partial charge in [0.2, 0.25) is 5.91 Å². The molecule has 2 heterocycles. The van der Waals surface area contributed by atoms with Gasteiger partial charge in [0, 0.05) is 42.2 Å². The summed E-state index contributed by atoms with van der Waals surface area (Å²) in [6.07, 6.45) is 6.19. The highest BCUT2D eigenvalue weighted by atomic mass is 16.5. The van der Waals surface area contributed by atoms with E-state index in [-0.39, 0.29) is 11.8 Å². The topological polar surface area (TPSA) is 102 Å². The Labute approximate surface area is 230 Å². The van der Waals surface area contributed by atoms with Gasteiger partial charge in [-0.3, -0.25) is 4.79 Å². The summed E-state index contributed by atoms with van der Waals surface area (Å²) in [4.78, 5) is 26.9. The highest BCUT2D eigenvalue weighted by Gasteiger charge is 2.32. The second kappa shape index (κ2) is 11.5. The molecule has 0 saturated heterocycles. The van der Waals surface area contributed by atoms with Gasteiger partial charge in [-0.25, -0.2) is 9.48 Å². The van der Waals surface area contributed by atoms with E-state index in [4.69, 9.17) is 15.6 Å². The fourth-order valence-electron chi connectivity index (χ4n) is 5.76. The van der Waals surface area contributed by atoms with Crippen molar-refractivity contribution in [3.8, 4) is 22.7 Å². The van der Waals surface area contributed by atoms with E-state index in [0.29, 0.717) is 37.7 Å². The van der Waals surface area contributed by atoms with Crippen molar-refractivity contribution in [2.45, 2.75) is 65.8 Å². The molecule has 0 radical (unpaired) electrons. The number of ether oxygens (including phenoxy) is 1. The molecule has 0 atom stereocenters. The minimum absolute atomic E-state index is 0.130. The molecule has 0 spiro atoms. The molecule has 1 saturated carbocycles. The third-order valence-electron chi connectivity index (χ3n) is 7.71. The fourth-order valence-corrected chi connectivity index (χ4v) is 5.76. The van der Waals surface area contributed by atoms with Crippen molar-refractivity contribution >= 4 is 17.6 Å². The van der Waals surface area contributed by atoms with Crippen molar-refractivity contribution in [2.75, 3.05) is 18.5 Å². The summed E-state index contributed by atoms with van der Waals surface area (Å²) in [6.45, 7) is 8.16. The molecule has 0 unspecified atom stereocenters. The van der Waals surface area contributed by atoms with E-state index < -0.39 is 6.03 Å². The number of carbonyl (C=O) groups excluding carboxylic acids is 2. The van der Waals surface area contributed by atoms with Crippen LogP contribution in [-0.2, 0) is 17.8 Å². The van der Waals surface area contributed by atoms with E-state index in [0.717, 1.165) is 65.2 Å². The summed E-state index contributed by atoms with van der Waals surface area (Å²) in [6, 6.07) is 13.1. The smallest absolute Gasteiger partial charge is 0.316 e. The van der Waals surface area contributed by atoms with Crippen LogP contribution in [0.2, 0.25) is 0 Å². The minimum Gasteiger partial charge on any atom is -0.491 e. The summed E-state index contributed by atoms with van der Waals surface area (Å²) >= 11 is 0. The Morgan fingerprint density at radius 1 is 1.10 bits per heavy atom. The molecule has 5 rings (SSSR count). The number of aromatic nitrogens is 2. The summed E-state index contributed by atoms with van der Waals surface area (Å²) < 4.78 is 8.27. The molecule has 2 aliphatic rings. The third kappa shape index (κ3) is 5.79. The lowest BCUT2D eigenvalue weighted by molar-refractivity contribution is -0.137. The van der Waals surface area contributed by atoms with E-state index in [1.807, 2.05) is 46.0 Å². The molecule has 1 aliphatic heterocycles. The Morgan fingerprint density at radius 3 is 2.54 bits per heavy atom. The zero-order chi connectivity index (χ0) is 27.5. The standard InChI is InChI=1S/C31H39N5O3/c1-20(2)19-39-27-11-7-8-21(3)28(27)36-29(22-12-14-24(15-13-22)33-31(32)38)25-18-35(17-16-26(25)34-36)30(37)23-9-5-4-6-10-23/h7-8,11-15,20,23H,4-6,9-10,16-19H2,1-3H3,(H3,32,33,38). The molecule has 8 heteroatoms. The van der Waals surface area contributed by atoms with Crippen molar-refractivity contribution in [1.29, 1.82) is 0 Å². The first-order chi connectivity index (χ1) is 18.8. The maximum atomic E-state index is 13.5. The number of nitrogens with two attached hydrogens (primary N) is 1. The Morgan fingerprint density at radius 2 is 1.85 bits per heavy atom. The average Bonchev–Trinajstić information content (AvgIpc) is 3.30. The Bertz CT molecular complexity index is 1340. The number of amides is 3. The van der Waals surface area contributed by atoms with Crippen molar-refractivity contribution in [2.24, 2.45) is 17.6 Å². The quantitative estimate of drug-likeness (QED) is 0.401. The molecular formula is C31H39N5O3. The van der Waals surface area contributed by atoms with Crippen molar-refractivity contribution in [1.82, 2.24) is 14.7 Å². The lowest BCUT2D eigenvalue weighted by Crippen LogP contribution is -2.40. The van der Waals surface area contributed by atoms with Crippen molar-refractivity contribution in [3.05, 3.63) is 59.3 Å². The normalized spacial score (nSPS) is 15.7. The SMILES string of the molecule is Cc1cccc(OCC(C)C)c1-n1nc2c(c1-c1ccc(NC(N)=O)cc1)CN(C(=O)C1CCCCC1)CC2. The van der Waals surface area contributed by atoms with Gasteiger partial charge < -0.3 is 20.7 Å². The summed E-state index contributed by atoms with van der Waals surface area (Å²) in [7, 11) is 0. The number of hydrogen-bond acceptors (Lipinski definition) is 4. The molecule has 3 aromatic rings. The number of para-hydroxylation sites is 1. The van der Waals surface area contributed by atoms with Gasteiger partial charge in [-0.2, -0.15) is 5.10 Å². The number of carbonyl (C=O) groups is 2. The van der Waals surface area contributed by atoms with Crippen LogP contribution >= 0.6 is 0 Å². The van der Waals surface area contributed by atoms with Crippen LogP contribution < -0.4 is 15.8 Å². The highest BCUT2D eigenvalue weighted by molar-refractivity contribution is 5.88. The molecule has 39 heavy (non-hydrogen) atoms. The molecule has 1 aliphatic carbocycles. The maximum absolute atomic E-state index is 13.5. The van der Waals surface area contributed by atoms with Crippen LogP contribution in [0.1, 0.15) is 62.8 Å². The van der Waals surface area contributed by atoms with Crippen LogP contribution in [0.3, 0.4) is 0 Å². The number of hydrogen-bond donors (Lipinski definition) is 2. The zero-order valence-corrected chi connectivity index (χ0v) is 23.2. The molecule has 3 amide bonds. The van der Waals surface area contributed by atoms with Gasteiger partial charge >= 0.3 is 6.03 Å². The van der Waals surface area contributed by atoms with Crippen LogP contribution in [-0.4, -0.2) is 39.8 Å². The number of aryl methyl sites for hydroxylation is 1. The van der Waals surface area contributed by atoms with Gasteiger partial charge in [0.15, 0.2) is 0 Å². The molecule has 1 fully saturated rings. The van der Waals surface area contributed by atoms with Crippen LogP contribution in [0.5, 0.6) is 5.75 Å². The number of rotatable bonds is 7. The van der Waals surface area contributed by atoms with Crippen molar-refractivity contribution in [3.63, 3.8) is 0 Å². The molecule has 206 valence electrons. The van der Waals surface area contributed by atoms with Crippen LogP contribution in [0.4, 0.5) is 10.5 Å². The lowest BCUT2D eigenvalue weighted by Gasteiger charge is -2.32. The second-order valence-electron chi connectivity index (χ2n) is 11.2. The second-order valence-corrected chi connectivity index (χ2v) is 11.2. The average molecular weight is 530 g/mol. The van der Waals surface area contributed by atoms with Gasteiger partial charge in [-0.05, 0) is 49.4 Å². The Hall–Kier alpha value is -3.81. The van der Waals surface area contributed by atoms with Crippen LogP contribution in [0.25, 0.3) is 16.9 Å². The first kappa shape index (κ1) is 26.8. The Balaban J connectivity index is 1.59. The predicted molar refractivity (Wildman–Crippen MR) is 153 cm³/mol. The molecule has 1 aromatic heterocycles. The number of urea groups is 1. The number of anilines is 1. The lowest BCUT2D eigenvalue weighted by atomic mass is 9.87. The van der Waals surface area contributed by atoms with Gasteiger partial charge in [0.05, 0.1) is 18.0 Å². The van der Waals surface area contributed by atoms with E-state index in [1.54, 1.807) is 0 Å². The minimum atomic E-state index is -0.603. The number of nitrogens with zero attached hydrogens (tertiary/aromatic N) is 3. The number of fused-ring (bicyclic) bond motifs is 1. The van der Waals surface area contributed by atoms with E-state index >= 15 is 0 Å². The fraction of sp³-hybridized carbons (Fsp3) is 0.452. The molecular weight excluding hydrogens is 490 g/mol. The van der Waals surface area contributed by atoms with E-state index in [2.05, 4.69) is 32.2 Å². The zero-order valence-electron chi connectivity index (χ0n) is 23.2. The van der Waals surface area contributed by atoms with E-state index in [9.17, 15) is 9.59 Å². The summed E-state index contributed by atoms with van der Waals surface area (Å²) in [5, 5.41) is 7.77. The highest BCUT2D eigenvalue weighted by Crippen LogP contribution is 2.38. The molecule has 8 nitrogen and oxygen atoms in total. The monoisotopic (exact) mass is 529 g/mol. The number of benzene rings is 2. The molecule has 2 aromatic carbocycles. The largest absolute Gasteiger partial charge is 0.491 e. The molecule has 3 N–H and O–H groups in total. The number of primary amides is 1. The summed E-state index contributed by atoms with van der Waals surface area (Å²) in [5.74, 6) is 1.57. The third-order valence-corrected chi connectivity index (χ3v) is 7.71. The van der Waals surface area contributed by atoms with Gasteiger partial charge in [-0.1, -0.05) is 57.4 Å². The van der Waals surface area contributed by atoms with Gasteiger partial charge in [0.25, 0.3) is 0 Å². The first-order valence-corrected chi connectivity index (χ1v) is 14.1. The van der Waals surface area contributed by atoms with Crippen molar-refractivity contribution < 1.29 is 14.3 Å². The van der Waals surface area contributed by atoms with Gasteiger partial charge in [-0.15, -0.1) is 0 Å². The first-order valence-electron chi connectivity index (χ1n) is 14.1. The Kier molecular flexibility index (Phi) is 7.91. The van der Waals surface area contributed by atoms with Crippen LogP contribution in [0, 0.1) is 18.8 Å². The summed E-state index contributed by atoms with van der Waals surface area (Å²) in [5.41, 5.74) is 11.9. The predicted octanol–water partition coefficient (Wildman–Crippen LogP) is 5.84. The van der Waals surface area contributed by atoms with E-state index in [1.165, 1.54) is 6.42 Å². The maximum Gasteiger partial charge on any atom is 0.316 e.